The van der Waals surface area contributed by atoms with Gasteiger partial charge in [0.25, 0.3) is 0 Å². The summed E-state index contributed by atoms with van der Waals surface area (Å²) in [5, 5.41) is 7.49. The number of amides is 1. The van der Waals surface area contributed by atoms with Crippen molar-refractivity contribution >= 4 is 34.8 Å². The standard InChI is InChI=1S/C17H18Cl2N2O/c18-14-3-1-13(2-4-14)9-11-20-12-10-17(22)21-16-7-5-15(19)6-8-16/h1-8,20H,9-12H2,(H,21,22). The van der Waals surface area contributed by atoms with Crippen LogP contribution in [0.2, 0.25) is 10.0 Å². The van der Waals surface area contributed by atoms with Gasteiger partial charge in [0.05, 0.1) is 0 Å². The van der Waals surface area contributed by atoms with E-state index in [1.807, 2.05) is 24.3 Å². The lowest BCUT2D eigenvalue weighted by molar-refractivity contribution is -0.116. The molecule has 2 N–H and O–H groups in total. The molecule has 22 heavy (non-hydrogen) atoms. The molecule has 0 aliphatic rings. The van der Waals surface area contributed by atoms with Crippen molar-refractivity contribution < 1.29 is 4.79 Å². The van der Waals surface area contributed by atoms with E-state index in [4.69, 9.17) is 23.2 Å². The second-order valence-electron chi connectivity index (χ2n) is 4.93. The van der Waals surface area contributed by atoms with E-state index in [1.165, 1.54) is 5.56 Å². The molecule has 0 fully saturated rings. The molecule has 2 rings (SSSR count). The Morgan fingerprint density at radius 1 is 0.864 bits per heavy atom. The first-order valence-corrected chi connectivity index (χ1v) is 7.89. The summed E-state index contributed by atoms with van der Waals surface area (Å²) in [6, 6.07) is 14.9. The van der Waals surface area contributed by atoms with Crippen LogP contribution >= 0.6 is 23.2 Å². The maximum atomic E-state index is 11.8. The number of halogens is 2. The SMILES string of the molecule is O=C(CCNCCc1ccc(Cl)cc1)Nc1ccc(Cl)cc1. The molecule has 0 spiro atoms. The van der Waals surface area contributed by atoms with Crippen LogP contribution in [0, 0.1) is 0 Å². The minimum absolute atomic E-state index is 0.0127. The summed E-state index contributed by atoms with van der Waals surface area (Å²) in [7, 11) is 0. The smallest absolute Gasteiger partial charge is 0.225 e. The molecule has 0 saturated heterocycles. The highest BCUT2D eigenvalue weighted by Gasteiger charge is 2.02. The molecule has 3 nitrogen and oxygen atoms in total. The lowest BCUT2D eigenvalue weighted by atomic mass is 10.1. The van der Waals surface area contributed by atoms with Crippen molar-refractivity contribution in [2.24, 2.45) is 0 Å². The van der Waals surface area contributed by atoms with Crippen molar-refractivity contribution in [1.29, 1.82) is 0 Å². The van der Waals surface area contributed by atoms with Gasteiger partial charge in [-0.15, -0.1) is 0 Å². The predicted octanol–water partition coefficient (Wildman–Crippen LogP) is 4.15. The highest BCUT2D eigenvalue weighted by Crippen LogP contribution is 2.13. The number of carbonyl (C=O) groups is 1. The third-order valence-corrected chi connectivity index (χ3v) is 3.66. The van der Waals surface area contributed by atoms with E-state index in [1.54, 1.807) is 24.3 Å². The molecule has 0 atom stereocenters. The number of hydrogen-bond donors (Lipinski definition) is 2. The quantitative estimate of drug-likeness (QED) is 0.745. The molecule has 1 amide bonds. The lowest BCUT2D eigenvalue weighted by Gasteiger charge is -2.07. The molecule has 0 aromatic heterocycles. The maximum Gasteiger partial charge on any atom is 0.225 e. The third kappa shape index (κ3) is 6.06. The number of hydrogen-bond acceptors (Lipinski definition) is 2. The van der Waals surface area contributed by atoms with Crippen LogP contribution in [-0.2, 0) is 11.2 Å². The van der Waals surface area contributed by atoms with Gasteiger partial charge < -0.3 is 10.6 Å². The Bertz CT molecular complexity index is 597. The van der Waals surface area contributed by atoms with Gasteiger partial charge in [0, 0.05) is 28.7 Å². The zero-order valence-corrected chi connectivity index (χ0v) is 13.6. The van der Waals surface area contributed by atoms with Gasteiger partial charge in [-0.3, -0.25) is 4.79 Å². The second kappa shape index (κ2) is 8.79. The molecular formula is C17H18Cl2N2O. The van der Waals surface area contributed by atoms with Gasteiger partial charge in [0.15, 0.2) is 0 Å². The molecule has 0 radical (unpaired) electrons. The van der Waals surface area contributed by atoms with Gasteiger partial charge in [0.2, 0.25) is 5.91 Å². The molecule has 0 unspecified atom stereocenters. The van der Waals surface area contributed by atoms with Crippen LogP contribution in [0.25, 0.3) is 0 Å². The molecule has 0 heterocycles. The second-order valence-corrected chi connectivity index (χ2v) is 5.80. The Balaban J connectivity index is 1.61. The normalized spacial score (nSPS) is 10.5. The number of rotatable bonds is 7. The van der Waals surface area contributed by atoms with Crippen molar-refractivity contribution in [1.82, 2.24) is 5.32 Å². The van der Waals surface area contributed by atoms with Gasteiger partial charge in [-0.05, 0) is 54.9 Å². The summed E-state index contributed by atoms with van der Waals surface area (Å²) in [5.74, 6) is -0.0127. The van der Waals surface area contributed by atoms with Gasteiger partial charge in [0.1, 0.15) is 0 Å². The van der Waals surface area contributed by atoms with E-state index >= 15 is 0 Å². The zero-order chi connectivity index (χ0) is 15.8. The Hall–Kier alpha value is -1.55. The minimum atomic E-state index is -0.0127. The molecule has 0 saturated carbocycles. The summed E-state index contributed by atoms with van der Waals surface area (Å²) in [6.45, 7) is 1.48. The largest absolute Gasteiger partial charge is 0.326 e. The van der Waals surface area contributed by atoms with E-state index in [-0.39, 0.29) is 5.91 Å². The molecule has 0 aliphatic heterocycles. The Morgan fingerprint density at radius 3 is 2.09 bits per heavy atom. The van der Waals surface area contributed by atoms with Crippen LogP contribution in [-0.4, -0.2) is 19.0 Å². The Labute approximate surface area is 140 Å². The topological polar surface area (TPSA) is 41.1 Å². The van der Waals surface area contributed by atoms with E-state index in [2.05, 4.69) is 10.6 Å². The van der Waals surface area contributed by atoms with Gasteiger partial charge in [-0.1, -0.05) is 35.3 Å². The fourth-order valence-electron chi connectivity index (χ4n) is 1.97. The van der Waals surface area contributed by atoms with Gasteiger partial charge in [-0.2, -0.15) is 0 Å². The Kier molecular flexibility index (Phi) is 6.72. The fraction of sp³-hybridized carbons (Fsp3) is 0.235. The molecular weight excluding hydrogens is 319 g/mol. The van der Waals surface area contributed by atoms with Crippen LogP contribution in [0.4, 0.5) is 5.69 Å². The summed E-state index contributed by atoms with van der Waals surface area (Å²) < 4.78 is 0. The predicted molar refractivity (Wildman–Crippen MR) is 92.7 cm³/mol. The van der Waals surface area contributed by atoms with Crippen molar-refractivity contribution in [3.05, 3.63) is 64.1 Å². The van der Waals surface area contributed by atoms with Gasteiger partial charge >= 0.3 is 0 Å². The minimum Gasteiger partial charge on any atom is -0.326 e. The van der Waals surface area contributed by atoms with Crippen LogP contribution in [0.15, 0.2) is 48.5 Å². The highest BCUT2D eigenvalue weighted by molar-refractivity contribution is 6.30. The first-order valence-electron chi connectivity index (χ1n) is 7.14. The average Bonchev–Trinajstić information content (AvgIpc) is 2.51. The fourth-order valence-corrected chi connectivity index (χ4v) is 2.22. The third-order valence-electron chi connectivity index (χ3n) is 3.16. The van der Waals surface area contributed by atoms with Crippen LogP contribution in [0.5, 0.6) is 0 Å². The first-order chi connectivity index (χ1) is 10.6. The number of nitrogens with one attached hydrogen (secondary N) is 2. The number of anilines is 1. The van der Waals surface area contributed by atoms with E-state index in [0.29, 0.717) is 18.0 Å². The van der Waals surface area contributed by atoms with Crippen LogP contribution < -0.4 is 10.6 Å². The molecule has 5 heteroatoms. The first kappa shape index (κ1) is 16.8. The summed E-state index contributed by atoms with van der Waals surface area (Å²) >= 11 is 11.6. The molecule has 2 aromatic carbocycles. The van der Waals surface area contributed by atoms with Crippen LogP contribution in [0.1, 0.15) is 12.0 Å². The summed E-state index contributed by atoms with van der Waals surface area (Å²) in [4.78, 5) is 11.8. The van der Waals surface area contributed by atoms with Crippen molar-refractivity contribution in [3.63, 3.8) is 0 Å². The lowest BCUT2D eigenvalue weighted by Crippen LogP contribution is -2.23. The molecule has 0 aliphatic carbocycles. The molecule has 0 bridgehead atoms. The summed E-state index contributed by atoms with van der Waals surface area (Å²) in [5.41, 5.74) is 1.98. The molecule has 2 aromatic rings. The average molecular weight is 337 g/mol. The summed E-state index contributed by atoms with van der Waals surface area (Å²) in [6.07, 6.45) is 1.35. The van der Waals surface area contributed by atoms with E-state index < -0.39 is 0 Å². The maximum absolute atomic E-state index is 11.8. The van der Waals surface area contributed by atoms with Crippen molar-refractivity contribution in [3.8, 4) is 0 Å². The highest BCUT2D eigenvalue weighted by atomic mass is 35.5. The number of carbonyl (C=O) groups excluding carboxylic acids is 1. The number of benzene rings is 2. The Morgan fingerprint density at radius 2 is 1.45 bits per heavy atom. The monoisotopic (exact) mass is 336 g/mol. The van der Waals surface area contributed by atoms with Gasteiger partial charge in [-0.25, -0.2) is 0 Å². The van der Waals surface area contributed by atoms with Crippen molar-refractivity contribution in [2.45, 2.75) is 12.8 Å². The van der Waals surface area contributed by atoms with Crippen LogP contribution in [0.3, 0.4) is 0 Å². The zero-order valence-electron chi connectivity index (χ0n) is 12.1. The van der Waals surface area contributed by atoms with E-state index in [9.17, 15) is 4.79 Å². The van der Waals surface area contributed by atoms with E-state index in [0.717, 1.165) is 23.7 Å². The van der Waals surface area contributed by atoms with Crippen molar-refractivity contribution in [2.75, 3.05) is 18.4 Å². The molecule has 116 valence electrons.